The summed E-state index contributed by atoms with van der Waals surface area (Å²) < 4.78 is 0. The van der Waals surface area contributed by atoms with Crippen molar-refractivity contribution in [1.29, 1.82) is 0 Å². The van der Waals surface area contributed by atoms with Gasteiger partial charge < -0.3 is 0 Å². The van der Waals surface area contributed by atoms with E-state index in [0.29, 0.717) is 0 Å². The van der Waals surface area contributed by atoms with Gasteiger partial charge in [-0.05, 0) is 64.4 Å². The topological polar surface area (TPSA) is 25.8 Å². The van der Waals surface area contributed by atoms with Gasteiger partial charge in [-0.2, -0.15) is 0 Å². The van der Waals surface area contributed by atoms with Crippen LogP contribution in [-0.2, 0) is 17.3 Å². The Morgan fingerprint density at radius 2 is 1.43 bits per heavy atom. The molecule has 1 heterocycles. The minimum atomic E-state index is -0.200. The standard InChI is InChI=1S/C40H36N2/c1-27-17-18-30(31-20-19-28-21-23-39(2,3)35(28)25-31)24-34(27)40(4)22-11-10-14-32(40)26-37-41-36-16-9-8-15-33(36)38(42-37)29-12-6-5-7-13-29/h5-25,32H,26H2,1-4H3. The van der Waals surface area contributed by atoms with Gasteiger partial charge in [0, 0.05) is 28.2 Å². The number of allylic oxidation sites excluding steroid dienone is 5. The zero-order valence-corrected chi connectivity index (χ0v) is 24.8. The zero-order chi connectivity index (χ0) is 28.9. The molecular weight excluding hydrogens is 508 g/mol. The van der Waals surface area contributed by atoms with Gasteiger partial charge in [0.1, 0.15) is 5.82 Å². The lowest BCUT2D eigenvalue weighted by Crippen LogP contribution is -2.33. The Labute approximate surface area is 249 Å². The lowest BCUT2D eigenvalue weighted by atomic mass is 9.66. The van der Waals surface area contributed by atoms with E-state index in [1.807, 2.05) is 0 Å². The Morgan fingerprint density at radius 3 is 2.26 bits per heavy atom. The average Bonchev–Trinajstić information content (AvgIpc) is 3.32. The summed E-state index contributed by atoms with van der Waals surface area (Å²) >= 11 is 0. The van der Waals surface area contributed by atoms with Crippen LogP contribution in [0.2, 0.25) is 0 Å². The maximum Gasteiger partial charge on any atom is 0.130 e. The Bertz CT molecular complexity index is 1910. The van der Waals surface area contributed by atoms with Crippen LogP contribution in [0.3, 0.4) is 0 Å². The molecule has 42 heavy (non-hydrogen) atoms. The van der Waals surface area contributed by atoms with Crippen LogP contribution in [0.1, 0.15) is 48.8 Å². The summed E-state index contributed by atoms with van der Waals surface area (Å²) in [5.74, 6) is 1.09. The number of fused-ring (bicyclic) bond motifs is 2. The summed E-state index contributed by atoms with van der Waals surface area (Å²) in [6.07, 6.45) is 14.4. The molecule has 0 N–H and O–H groups in total. The van der Waals surface area contributed by atoms with Gasteiger partial charge >= 0.3 is 0 Å². The van der Waals surface area contributed by atoms with E-state index in [9.17, 15) is 0 Å². The van der Waals surface area contributed by atoms with Crippen molar-refractivity contribution in [2.24, 2.45) is 5.92 Å². The van der Waals surface area contributed by atoms with Crippen LogP contribution < -0.4 is 0 Å². The van der Waals surface area contributed by atoms with E-state index < -0.39 is 0 Å². The number of hydrogen-bond acceptors (Lipinski definition) is 2. The molecule has 2 unspecified atom stereocenters. The first-order valence-electron chi connectivity index (χ1n) is 14.9. The van der Waals surface area contributed by atoms with Crippen molar-refractivity contribution in [3.63, 3.8) is 0 Å². The summed E-state index contributed by atoms with van der Waals surface area (Å²) in [6.45, 7) is 9.20. The van der Waals surface area contributed by atoms with E-state index in [1.54, 1.807) is 0 Å². The molecule has 0 aliphatic heterocycles. The van der Waals surface area contributed by atoms with Crippen LogP contribution in [0.5, 0.6) is 0 Å². The predicted octanol–water partition coefficient (Wildman–Crippen LogP) is 9.82. The molecule has 0 saturated heterocycles. The van der Waals surface area contributed by atoms with Crippen molar-refractivity contribution in [2.45, 2.75) is 44.9 Å². The number of aromatic nitrogens is 2. The Morgan fingerprint density at radius 1 is 0.690 bits per heavy atom. The van der Waals surface area contributed by atoms with Crippen LogP contribution in [-0.4, -0.2) is 9.97 Å². The molecule has 2 heteroatoms. The molecule has 0 amide bonds. The van der Waals surface area contributed by atoms with Gasteiger partial charge in [0.25, 0.3) is 0 Å². The molecule has 2 nitrogen and oxygen atoms in total. The first-order valence-corrected chi connectivity index (χ1v) is 14.9. The van der Waals surface area contributed by atoms with Crippen LogP contribution in [0.4, 0.5) is 0 Å². The van der Waals surface area contributed by atoms with Crippen molar-refractivity contribution in [3.05, 3.63) is 149 Å². The second-order valence-corrected chi connectivity index (χ2v) is 12.6. The molecule has 2 aliphatic carbocycles. The highest BCUT2D eigenvalue weighted by molar-refractivity contribution is 5.92. The maximum absolute atomic E-state index is 5.18. The van der Waals surface area contributed by atoms with E-state index in [1.165, 1.54) is 33.4 Å². The van der Waals surface area contributed by atoms with E-state index in [0.717, 1.165) is 34.4 Å². The summed E-state index contributed by atoms with van der Waals surface area (Å²) in [5.41, 5.74) is 10.9. The fourth-order valence-corrected chi connectivity index (χ4v) is 6.78. The van der Waals surface area contributed by atoms with Crippen molar-refractivity contribution in [3.8, 4) is 22.4 Å². The van der Waals surface area contributed by atoms with Gasteiger partial charge in [0.2, 0.25) is 0 Å². The van der Waals surface area contributed by atoms with Crippen molar-refractivity contribution < 1.29 is 0 Å². The molecule has 206 valence electrons. The summed E-state index contributed by atoms with van der Waals surface area (Å²) in [5, 5.41) is 1.09. The van der Waals surface area contributed by atoms with Gasteiger partial charge in [-0.3, -0.25) is 0 Å². The number of benzene rings is 4. The average molecular weight is 545 g/mol. The normalized spacial score (nSPS) is 20.2. The first-order chi connectivity index (χ1) is 20.3. The molecule has 1 aromatic heterocycles. The van der Waals surface area contributed by atoms with Gasteiger partial charge in [-0.15, -0.1) is 0 Å². The summed E-state index contributed by atoms with van der Waals surface area (Å²) in [4.78, 5) is 10.3. The third kappa shape index (κ3) is 4.52. The molecule has 0 saturated carbocycles. The fraction of sp³-hybridized carbons (Fsp3) is 0.200. The summed E-state index contributed by atoms with van der Waals surface area (Å²) in [7, 11) is 0. The van der Waals surface area contributed by atoms with Crippen LogP contribution >= 0.6 is 0 Å². The van der Waals surface area contributed by atoms with E-state index in [2.05, 4.69) is 155 Å². The Hall–Kier alpha value is -4.56. The van der Waals surface area contributed by atoms with E-state index in [4.69, 9.17) is 9.97 Å². The molecule has 0 radical (unpaired) electrons. The second-order valence-electron chi connectivity index (χ2n) is 12.6. The van der Waals surface area contributed by atoms with E-state index >= 15 is 0 Å². The van der Waals surface area contributed by atoms with Crippen molar-refractivity contribution >= 4 is 17.0 Å². The Kier molecular flexibility index (Phi) is 6.31. The molecule has 2 atom stereocenters. The maximum atomic E-state index is 5.18. The van der Waals surface area contributed by atoms with Crippen molar-refractivity contribution in [1.82, 2.24) is 9.97 Å². The molecule has 0 fully saturated rings. The molecule has 5 aromatic rings. The smallest absolute Gasteiger partial charge is 0.130 e. The highest BCUT2D eigenvalue weighted by Crippen LogP contribution is 2.43. The second kappa shape index (κ2) is 10.1. The van der Waals surface area contributed by atoms with E-state index in [-0.39, 0.29) is 16.7 Å². The SMILES string of the molecule is Cc1ccc(-c2ccc3c(c2)C(C)(C)C=C3)cc1C1(C)C=CC=CC1Cc1nc(-c2ccccc2)c2ccccc2n1. The lowest BCUT2D eigenvalue weighted by Gasteiger charge is -2.37. The molecule has 2 aliphatic rings. The van der Waals surface area contributed by atoms with Crippen molar-refractivity contribution in [2.75, 3.05) is 0 Å². The van der Waals surface area contributed by atoms with Crippen LogP contribution in [0.25, 0.3) is 39.4 Å². The minimum Gasteiger partial charge on any atom is -0.233 e. The third-order valence-corrected chi connectivity index (χ3v) is 9.34. The zero-order valence-electron chi connectivity index (χ0n) is 24.8. The Balaban J connectivity index is 1.28. The van der Waals surface area contributed by atoms with Gasteiger partial charge in [0.05, 0.1) is 11.2 Å². The van der Waals surface area contributed by atoms with Crippen LogP contribution in [0.15, 0.2) is 121 Å². The lowest BCUT2D eigenvalue weighted by molar-refractivity contribution is 0.414. The fourth-order valence-electron chi connectivity index (χ4n) is 6.78. The predicted molar refractivity (Wildman–Crippen MR) is 176 cm³/mol. The largest absolute Gasteiger partial charge is 0.233 e. The number of para-hydroxylation sites is 1. The monoisotopic (exact) mass is 544 g/mol. The van der Waals surface area contributed by atoms with Crippen LogP contribution in [0, 0.1) is 12.8 Å². The number of hydrogen-bond donors (Lipinski definition) is 0. The van der Waals surface area contributed by atoms with Gasteiger partial charge in [0.15, 0.2) is 0 Å². The third-order valence-electron chi connectivity index (χ3n) is 9.34. The minimum absolute atomic E-state index is 0.0608. The number of aryl methyl sites for hydroxylation is 1. The highest BCUT2D eigenvalue weighted by atomic mass is 14.9. The molecule has 0 bridgehead atoms. The van der Waals surface area contributed by atoms with Gasteiger partial charge in [-0.1, -0.05) is 130 Å². The molecule has 4 aromatic carbocycles. The summed E-state index contributed by atoms with van der Waals surface area (Å²) in [6, 6.07) is 32.7. The molecule has 0 spiro atoms. The number of nitrogens with zero attached hydrogens (tertiary/aromatic N) is 2. The highest BCUT2D eigenvalue weighted by Gasteiger charge is 2.36. The first kappa shape index (κ1) is 26.3. The van der Waals surface area contributed by atoms with Gasteiger partial charge in [-0.25, -0.2) is 9.97 Å². The molecule has 7 rings (SSSR count). The molecular formula is C40H36N2. The quantitative estimate of drug-likeness (QED) is 0.220. The number of rotatable bonds is 5.